The third kappa shape index (κ3) is 8.92. The topological polar surface area (TPSA) is 73.8 Å². The van der Waals surface area contributed by atoms with Gasteiger partial charge in [-0.3, -0.25) is 0 Å². The average molecular weight is 449 g/mol. The molecule has 8 nitrogen and oxygen atoms in total. The number of rotatable bonds is 4. The minimum absolute atomic E-state index is 0.231. The summed E-state index contributed by atoms with van der Waals surface area (Å²) in [5.74, 6) is 2.90. The van der Waals surface area contributed by atoms with Gasteiger partial charge in [-0.05, 0) is 36.4 Å². The summed E-state index contributed by atoms with van der Waals surface area (Å²) in [6.45, 7) is 4.32. The molecule has 0 saturated carbocycles. The van der Waals surface area contributed by atoms with Crippen molar-refractivity contribution in [2.24, 2.45) is 0 Å². The smallest absolute Gasteiger partial charge is 0.161 e. The van der Waals surface area contributed by atoms with Crippen LogP contribution in [0.1, 0.15) is 0 Å². The Morgan fingerprint density at radius 2 is 1.25 bits per heavy atom. The Kier molecular flexibility index (Phi) is 11.0. The second-order valence-corrected chi connectivity index (χ2v) is 6.92. The van der Waals surface area contributed by atoms with Crippen LogP contribution in [0.15, 0.2) is 48.5 Å². The van der Waals surface area contributed by atoms with E-state index >= 15 is 0 Å². The van der Waals surface area contributed by atoms with Gasteiger partial charge >= 0.3 is 0 Å². The van der Waals surface area contributed by atoms with Crippen LogP contribution in [-0.4, -0.2) is 79.3 Å². The van der Waals surface area contributed by atoms with Gasteiger partial charge in [0.2, 0.25) is 0 Å². The minimum Gasteiger partial charge on any atom is -0.497 e. The Bertz CT molecular complexity index is 752. The van der Waals surface area contributed by atoms with Crippen LogP contribution in [0.25, 0.3) is 0 Å². The summed E-state index contributed by atoms with van der Waals surface area (Å²) in [6, 6.07) is 15.0. The average Bonchev–Trinajstić information content (AvgIpc) is 2.83. The zero-order chi connectivity index (χ0) is 22.3. The maximum atomic E-state index is 5.91. The zero-order valence-corrected chi connectivity index (χ0v) is 18.5. The van der Waals surface area contributed by atoms with Crippen molar-refractivity contribution in [2.75, 3.05) is 73.2 Å². The summed E-state index contributed by atoms with van der Waals surface area (Å²) in [5.41, 5.74) is 0. The molecule has 0 amide bonds. The predicted octanol–water partition coefficient (Wildman–Crippen LogP) is 2.98. The van der Waals surface area contributed by atoms with Crippen LogP contribution in [0, 0.1) is 0 Å². The summed E-state index contributed by atoms with van der Waals surface area (Å²) in [6.07, 6.45) is -0.231. The summed E-state index contributed by atoms with van der Waals surface area (Å²) in [5, 5.41) is 0. The van der Waals surface area contributed by atoms with Crippen molar-refractivity contribution in [3.63, 3.8) is 0 Å². The molecular weight excluding hydrogens is 416 g/mol. The molecule has 0 unspecified atom stereocenters. The lowest BCUT2D eigenvalue weighted by atomic mass is 10.3. The number of hydrogen-bond donors (Lipinski definition) is 0. The first-order chi connectivity index (χ1) is 15.8. The van der Waals surface area contributed by atoms with Crippen LogP contribution in [0.5, 0.6) is 23.0 Å². The minimum atomic E-state index is -0.231. The second-order valence-electron chi connectivity index (χ2n) is 6.92. The lowest BCUT2D eigenvalue weighted by molar-refractivity contribution is -0.0641. The molecule has 1 aliphatic rings. The standard InChI is InChI=1S/C24H32O8/c1-25-20-6-8-21(9-7-20)32-19-22-18-28-11-10-26-13-16-30-23-4-2-3-5-24(23)31-17-14-27-12-15-29-22/h2-9,22H,10-19H2,1H3/t22-/m0/s1. The number of para-hydroxylation sites is 2. The summed E-state index contributed by atoms with van der Waals surface area (Å²) >= 11 is 0. The first-order valence-corrected chi connectivity index (χ1v) is 10.8. The van der Waals surface area contributed by atoms with Crippen molar-refractivity contribution in [2.45, 2.75) is 6.10 Å². The third-order valence-corrected chi connectivity index (χ3v) is 4.57. The van der Waals surface area contributed by atoms with Crippen LogP contribution in [-0.2, 0) is 18.9 Å². The molecule has 0 spiro atoms. The molecule has 3 rings (SSSR count). The van der Waals surface area contributed by atoms with Crippen LogP contribution < -0.4 is 18.9 Å². The highest BCUT2D eigenvalue weighted by atomic mass is 16.6. The number of benzene rings is 2. The first kappa shape index (κ1) is 24.1. The van der Waals surface area contributed by atoms with Crippen molar-refractivity contribution < 1.29 is 37.9 Å². The largest absolute Gasteiger partial charge is 0.497 e. The summed E-state index contributed by atoms with van der Waals surface area (Å²) in [4.78, 5) is 0. The van der Waals surface area contributed by atoms with Gasteiger partial charge in [-0.15, -0.1) is 0 Å². The SMILES string of the molecule is COc1ccc(OC[C@@H]2COCCOCCOc3ccccc3OCCOCCO2)cc1. The number of fused-ring (bicyclic) bond motifs is 1. The van der Waals surface area contributed by atoms with Crippen LogP contribution in [0.3, 0.4) is 0 Å². The van der Waals surface area contributed by atoms with E-state index in [-0.39, 0.29) is 6.10 Å². The van der Waals surface area contributed by atoms with E-state index in [1.54, 1.807) is 7.11 Å². The Morgan fingerprint density at radius 3 is 1.91 bits per heavy atom. The maximum absolute atomic E-state index is 5.91. The van der Waals surface area contributed by atoms with E-state index in [0.717, 1.165) is 11.5 Å². The van der Waals surface area contributed by atoms with Crippen molar-refractivity contribution in [3.8, 4) is 23.0 Å². The molecule has 1 aliphatic heterocycles. The third-order valence-electron chi connectivity index (χ3n) is 4.57. The van der Waals surface area contributed by atoms with Crippen molar-refractivity contribution in [3.05, 3.63) is 48.5 Å². The van der Waals surface area contributed by atoms with E-state index in [4.69, 9.17) is 37.9 Å². The van der Waals surface area contributed by atoms with Crippen LogP contribution in [0.4, 0.5) is 0 Å². The summed E-state index contributed by atoms with van der Waals surface area (Å²) in [7, 11) is 1.63. The fourth-order valence-electron chi connectivity index (χ4n) is 2.93. The van der Waals surface area contributed by atoms with Gasteiger partial charge in [-0.2, -0.15) is 0 Å². The van der Waals surface area contributed by atoms with Gasteiger partial charge < -0.3 is 37.9 Å². The highest BCUT2D eigenvalue weighted by Gasteiger charge is 2.12. The Morgan fingerprint density at radius 1 is 0.688 bits per heavy atom. The number of ether oxygens (including phenoxy) is 8. The van der Waals surface area contributed by atoms with Gasteiger partial charge in [0.1, 0.15) is 37.4 Å². The zero-order valence-electron chi connectivity index (χ0n) is 18.5. The maximum Gasteiger partial charge on any atom is 0.161 e. The Balaban J connectivity index is 1.46. The summed E-state index contributed by atoms with van der Waals surface area (Å²) < 4.78 is 45.4. The fourth-order valence-corrected chi connectivity index (χ4v) is 2.93. The van der Waals surface area contributed by atoms with Crippen LogP contribution in [0.2, 0.25) is 0 Å². The molecule has 0 saturated heterocycles. The number of hydrogen-bond acceptors (Lipinski definition) is 8. The Labute approximate surface area is 189 Å². The molecule has 0 N–H and O–H groups in total. The lowest BCUT2D eigenvalue weighted by Crippen LogP contribution is -2.29. The molecule has 2 aromatic rings. The van der Waals surface area contributed by atoms with Crippen molar-refractivity contribution in [1.82, 2.24) is 0 Å². The molecule has 176 valence electrons. The molecule has 2 aromatic carbocycles. The van der Waals surface area contributed by atoms with E-state index in [0.29, 0.717) is 77.6 Å². The van der Waals surface area contributed by atoms with E-state index in [9.17, 15) is 0 Å². The van der Waals surface area contributed by atoms with Crippen molar-refractivity contribution in [1.29, 1.82) is 0 Å². The first-order valence-electron chi connectivity index (χ1n) is 10.8. The molecule has 0 fully saturated rings. The van der Waals surface area contributed by atoms with E-state index in [2.05, 4.69) is 0 Å². The predicted molar refractivity (Wildman–Crippen MR) is 118 cm³/mol. The van der Waals surface area contributed by atoms with E-state index < -0.39 is 0 Å². The molecular formula is C24H32O8. The van der Waals surface area contributed by atoms with Gasteiger partial charge in [-0.25, -0.2) is 0 Å². The molecule has 0 radical (unpaired) electrons. The molecule has 0 aromatic heterocycles. The molecule has 0 aliphatic carbocycles. The van der Waals surface area contributed by atoms with Gasteiger partial charge in [0.15, 0.2) is 11.5 Å². The van der Waals surface area contributed by atoms with Gasteiger partial charge in [0.25, 0.3) is 0 Å². The molecule has 8 heteroatoms. The van der Waals surface area contributed by atoms with Crippen LogP contribution >= 0.6 is 0 Å². The highest BCUT2D eigenvalue weighted by Crippen LogP contribution is 2.26. The normalized spacial score (nSPS) is 19.3. The van der Waals surface area contributed by atoms with Gasteiger partial charge in [-0.1, -0.05) is 12.1 Å². The Hall–Kier alpha value is -2.52. The van der Waals surface area contributed by atoms with E-state index in [1.165, 1.54) is 0 Å². The van der Waals surface area contributed by atoms with Crippen molar-refractivity contribution >= 4 is 0 Å². The quantitative estimate of drug-likeness (QED) is 0.707. The van der Waals surface area contributed by atoms with Gasteiger partial charge in [0, 0.05) is 0 Å². The lowest BCUT2D eigenvalue weighted by Gasteiger charge is -2.19. The molecule has 1 atom stereocenters. The highest BCUT2D eigenvalue weighted by molar-refractivity contribution is 5.39. The molecule has 32 heavy (non-hydrogen) atoms. The van der Waals surface area contributed by atoms with E-state index in [1.807, 2.05) is 48.5 Å². The molecule has 0 bridgehead atoms. The number of methoxy groups -OCH3 is 1. The second kappa shape index (κ2) is 14.5. The molecule has 1 heterocycles. The van der Waals surface area contributed by atoms with Gasteiger partial charge in [0.05, 0.1) is 53.4 Å². The monoisotopic (exact) mass is 448 g/mol. The fraction of sp³-hybridized carbons (Fsp3) is 0.500.